The third kappa shape index (κ3) is 2.34. The SMILES string of the molecule is Cc1nc(C)c(C(C)Nc2nc3ccc(N)cc3[nH]2)s1. The van der Waals surface area contributed by atoms with E-state index in [1.165, 1.54) is 4.88 Å². The Morgan fingerprint density at radius 1 is 1.30 bits per heavy atom. The highest BCUT2D eigenvalue weighted by molar-refractivity contribution is 7.11. The topological polar surface area (TPSA) is 79.6 Å². The molecule has 0 saturated heterocycles. The number of nitrogens with zero attached hydrogens (tertiary/aromatic N) is 2. The zero-order valence-corrected chi connectivity index (χ0v) is 12.5. The summed E-state index contributed by atoms with van der Waals surface area (Å²) in [6.07, 6.45) is 0. The van der Waals surface area contributed by atoms with E-state index < -0.39 is 0 Å². The van der Waals surface area contributed by atoms with Gasteiger partial charge in [0.2, 0.25) is 5.95 Å². The number of aromatic nitrogens is 3. The van der Waals surface area contributed by atoms with Gasteiger partial charge in [-0.25, -0.2) is 9.97 Å². The van der Waals surface area contributed by atoms with E-state index in [0.717, 1.165) is 33.4 Å². The lowest BCUT2D eigenvalue weighted by Crippen LogP contribution is -2.07. The minimum absolute atomic E-state index is 0.166. The van der Waals surface area contributed by atoms with Gasteiger partial charge in [0.05, 0.1) is 27.8 Å². The van der Waals surface area contributed by atoms with Crippen LogP contribution < -0.4 is 11.1 Å². The molecule has 3 rings (SSSR count). The van der Waals surface area contributed by atoms with Gasteiger partial charge in [-0.3, -0.25) is 0 Å². The molecule has 20 heavy (non-hydrogen) atoms. The molecule has 1 atom stereocenters. The number of aryl methyl sites for hydroxylation is 2. The minimum Gasteiger partial charge on any atom is -0.399 e. The molecule has 0 aliphatic rings. The number of aromatic amines is 1. The molecule has 2 heterocycles. The molecule has 0 spiro atoms. The van der Waals surface area contributed by atoms with Crippen LogP contribution >= 0.6 is 11.3 Å². The van der Waals surface area contributed by atoms with Gasteiger partial charge in [0, 0.05) is 10.6 Å². The van der Waals surface area contributed by atoms with Crippen molar-refractivity contribution in [1.29, 1.82) is 0 Å². The molecule has 0 radical (unpaired) electrons. The van der Waals surface area contributed by atoms with Crippen molar-refractivity contribution in [2.24, 2.45) is 0 Å². The Labute approximate surface area is 121 Å². The van der Waals surface area contributed by atoms with Crippen LogP contribution in [-0.4, -0.2) is 15.0 Å². The number of thiazole rings is 1. The number of anilines is 2. The van der Waals surface area contributed by atoms with Crippen molar-refractivity contribution >= 4 is 34.0 Å². The van der Waals surface area contributed by atoms with E-state index in [2.05, 4.69) is 27.2 Å². The maximum absolute atomic E-state index is 5.77. The standard InChI is InChI=1S/C14H17N5S/c1-7-13(20-9(3)16-7)8(2)17-14-18-11-5-4-10(15)6-12(11)19-14/h4-6,8H,15H2,1-3H3,(H2,17,18,19). The number of nitrogen functional groups attached to an aromatic ring is 1. The predicted octanol–water partition coefficient (Wildman–Crippen LogP) is 3.39. The molecule has 1 unspecified atom stereocenters. The molecule has 0 aliphatic carbocycles. The number of rotatable bonds is 3. The summed E-state index contributed by atoms with van der Waals surface area (Å²) in [5.41, 5.74) is 9.43. The molecular weight excluding hydrogens is 270 g/mol. The Bertz CT molecular complexity index is 758. The molecule has 104 valence electrons. The van der Waals surface area contributed by atoms with Crippen LogP contribution in [0.4, 0.5) is 11.6 Å². The fraction of sp³-hybridized carbons (Fsp3) is 0.286. The Hall–Kier alpha value is -2.08. The van der Waals surface area contributed by atoms with Crippen molar-refractivity contribution < 1.29 is 0 Å². The number of hydrogen-bond donors (Lipinski definition) is 3. The molecular formula is C14H17N5S. The lowest BCUT2D eigenvalue weighted by molar-refractivity contribution is 0.874. The lowest BCUT2D eigenvalue weighted by Gasteiger charge is -2.11. The van der Waals surface area contributed by atoms with Crippen LogP contribution in [0.2, 0.25) is 0 Å². The number of benzene rings is 1. The molecule has 0 bridgehead atoms. The molecule has 6 heteroatoms. The molecule has 3 aromatic rings. The Morgan fingerprint density at radius 2 is 2.10 bits per heavy atom. The van der Waals surface area contributed by atoms with Crippen molar-refractivity contribution in [2.45, 2.75) is 26.8 Å². The molecule has 0 saturated carbocycles. The fourth-order valence-electron chi connectivity index (χ4n) is 2.32. The van der Waals surface area contributed by atoms with E-state index in [1.54, 1.807) is 11.3 Å². The van der Waals surface area contributed by atoms with Crippen LogP contribution in [0.15, 0.2) is 18.2 Å². The first-order chi connectivity index (χ1) is 9.52. The maximum atomic E-state index is 5.77. The average molecular weight is 287 g/mol. The monoisotopic (exact) mass is 287 g/mol. The second kappa shape index (κ2) is 4.79. The van der Waals surface area contributed by atoms with E-state index >= 15 is 0 Å². The first-order valence-electron chi connectivity index (χ1n) is 6.48. The summed E-state index contributed by atoms with van der Waals surface area (Å²) in [5, 5.41) is 4.47. The highest BCUT2D eigenvalue weighted by atomic mass is 32.1. The van der Waals surface area contributed by atoms with Gasteiger partial charge < -0.3 is 16.0 Å². The molecule has 4 N–H and O–H groups in total. The number of fused-ring (bicyclic) bond motifs is 1. The summed E-state index contributed by atoms with van der Waals surface area (Å²) in [6, 6.07) is 5.83. The van der Waals surface area contributed by atoms with E-state index in [9.17, 15) is 0 Å². The Kier molecular flexibility index (Phi) is 3.10. The second-order valence-electron chi connectivity index (χ2n) is 4.91. The van der Waals surface area contributed by atoms with Gasteiger partial charge >= 0.3 is 0 Å². The zero-order valence-electron chi connectivity index (χ0n) is 11.7. The molecule has 0 fully saturated rings. The van der Waals surface area contributed by atoms with Crippen molar-refractivity contribution in [1.82, 2.24) is 15.0 Å². The predicted molar refractivity (Wildman–Crippen MR) is 84.1 cm³/mol. The van der Waals surface area contributed by atoms with Crippen LogP contribution in [0.5, 0.6) is 0 Å². The lowest BCUT2D eigenvalue weighted by atomic mass is 10.2. The summed E-state index contributed by atoms with van der Waals surface area (Å²) >= 11 is 1.72. The molecule has 1 aromatic carbocycles. The maximum Gasteiger partial charge on any atom is 0.201 e. The van der Waals surface area contributed by atoms with Gasteiger partial charge in [-0.05, 0) is 39.0 Å². The van der Waals surface area contributed by atoms with Crippen molar-refractivity contribution in [3.63, 3.8) is 0 Å². The first kappa shape index (κ1) is 12.9. The van der Waals surface area contributed by atoms with Crippen LogP contribution in [0.25, 0.3) is 11.0 Å². The van der Waals surface area contributed by atoms with Crippen LogP contribution in [-0.2, 0) is 0 Å². The minimum atomic E-state index is 0.166. The van der Waals surface area contributed by atoms with Crippen molar-refractivity contribution in [3.05, 3.63) is 33.8 Å². The van der Waals surface area contributed by atoms with E-state index in [1.807, 2.05) is 32.0 Å². The average Bonchev–Trinajstić information content (AvgIpc) is 2.91. The van der Waals surface area contributed by atoms with E-state index in [4.69, 9.17) is 5.73 Å². The van der Waals surface area contributed by atoms with Gasteiger partial charge in [-0.15, -0.1) is 11.3 Å². The van der Waals surface area contributed by atoms with Gasteiger partial charge in [-0.1, -0.05) is 0 Å². The van der Waals surface area contributed by atoms with E-state index in [-0.39, 0.29) is 6.04 Å². The number of nitrogens with one attached hydrogen (secondary N) is 2. The number of imidazole rings is 1. The Balaban J connectivity index is 1.87. The largest absolute Gasteiger partial charge is 0.399 e. The number of hydrogen-bond acceptors (Lipinski definition) is 5. The smallest absolute Gasteiger partial charge is 0.201 e. The van der Waals surface area contributed by atoms with Gasteiger partial charge in [-0.2, -0.15) is 0 Å². The molecule has 0 aliphatic heterocycles. The highest BCUT2D eigenvalue weighted by Gasteiger charge is 2.14. The Morgan fingerprint density at radius 3 is 2.80 bits per heavy atom. The summed E-state index contributed by atoms with van der Waals surface area (Å²) in [5.74, 6) is 0.753. The number of H-pyrrole nitrogens is 1. The summed E-state index contributed by atoms with van der Waals surface area (Å²) in [6.45, 7) is 6.18. The quantitative estimate of drug-likeness (QED) is 0.645. The third-order valence-electron chi connectivity index (χ3n) is 3.19. The van der Waals surface area contributed by atoms with Crippen LogP contribution in [0.1, 0.15) is 28.5 Å². The fourth-order valence-corrected chi connectivity index (χ4v) is 3.24. The molecule has 5 nitrogen and oxygen atoms in total. The summed E-state index contributed by atoms with van der Waals surface area (Å²) in [4.78, 5) is 13.5. The van der Waals surface area contributed by atoms with Crippen LogP contribution in [0, 0.1) is 13.8 Å². The van der Waals surface area contributed by atoms with Gasteiger partial charge in [0.15, 0.2) is 0 Å². The molecule has 2 aromatic heterocycles. The first-order valence-corrected chi connectivity index (χ1v) is 7.30. The van der Waals surface area contributed by atoms with Gasteiger partial charge in [0.25, 0.3) is 0 Å². The molecule has 0 amide bonds. The van der Waals surface area contributed by atoms with Gasteiger partial charge in [0.1, 0.15) is 0 Å². The van der Waals surface area contributed by atoms with Crippen molar-refractivity contribution in [3.8, 4) is 0 Å². The number of nitrogens with two attached hydrogens (primary N) is 1. The zero-order chi connectivity index (χ0) is 14.3. The summed E-state index contributed by atoms with van der Waals surface area (Å²) in [7, 11) is 0. The normalized spacial score (nSPS) is 12.8. The van der Waals surface area contributed by atoms with Crippen LogP contribution in [0.3, 0.4) is 0 Å². The summed E-state index contributed by atoms with van der Waals surface area (Å²) < 4.78 is 0. The third-order valence-corrected chi connectivity index (χ3v) is 4.45. The highest BCUT2D eigenvalue weighted by Crippen LogP contribution is 2.27. The van der Waals surface area contributed by atoms with Crippen molar-refractivity contribution in [2.75, 3.05) is 11.1 Å². The second-order valence-corrected chi connectivity index (χ2v) is 6.15. The van der Waals surface area contributed by atoms with E-state index in [0.29, 0.717) is 0 Å².